The van der Waals surface area contributed by atoms with Crippen LogP contribution in [0.2, 0.25) is 0 Å². The molecule has 0 atom stereocenters. The van der Waals surface area contributed by atoms with Crippen molar-refractivity contribution >= 4 is 17.2 Å². The third-order valence-corrected chi connectivity index (χ3v) is 2.65. The number of unbranched alkanes of at least 4 members (excludes halogenated alkanes) is 2. The zero-order chi connectivity index (χ0) is 10.2. The molecule has 14 heavy (non-hydrogen) atoms. The van der Waals surface area contributed by atoms with Crippen LogP contribution in [0.15, 0.2) is 17.5 Å². The first-order chi connectivity index (χ1) is 6.84. The summed E-state index contributed by atoms with van der Waals surface area (Å²) in [6.07, 6.45) is 7.82. The predicted molar refractivity (Wildman–Crippen MR) is 59.3 cm³/mol. The van der Waals surface area contributed by atoms with Gasteiger partial charge in [-0.2, -0.15) is 0 Å². The van der Waals surface area contributed by atoms with E-state index in [1.807, 2.05) is 17.5 Å². The standard InChI is InChI=1S/C11H13NOS/c1-2-3-4-5-8-12-11(13)10-7-6-9-14-10/h1,6-7,9H,3-5,8H2,(H,12,13). The Morgan fingerprint density at radius 1 is 1.57 bits per heavy atom. The molecule has 1 N–H and O–H groups in total. The fourth-order valence-corrected chi connectivity index (χ4v) is 1.69. The number of hydrogen-bond acceptors (Lipinski definition) is 2. The van der Waals surface area contributed by atoms with E-state index >= 15 is 0 Å². The molecule has 1 aromatic rings. The normalized spacial score (nSPS) is 9.36. The maximum atomic E-state index is 11.4. The summed E-state index contributed by atoms with van der Waals surface area (Å²) in [5, 5.41) is 4.74. The molecule has 0 aromatic carbocycles. The van der Waals surface area contributed by atoms with Crippen LogP contribution in [0.1, 0.15) is 28.9 Å². The minimum atomic E-state index is 0.0145. The first-order valence-corrected chi connectivity index (χ1v) is 5.47. The third kappa shape index (κ3) is 3.63. The van der Waals surface area contributed by atoms with Crippen molar-refractivity contribution in [3.63, 3.8) is 0 Å². The Hall–Kier alpha value is -1.27. The molecule has 2 nitrogen and oxygen atoms in total. The second-order valence-electron chi connectivity index (χ2n) is 2.89. The summed E-state index contributed by atoms with van der Waals surface area (Å²) in [4.78, 5) is 12.2. The molecule has 0 unspecified atom stereocenters. The molecule has 1 heterocycles. The molecule has 0 radical (unpaired) electrons. The molecule has 74 valence electrons. The van der Waals surface area contributed by atoms with Crippen molar-refractivity contribution in [2.75, 3.05) is 6.54 Å². The Balaban J connectivity index is 2.14. The largest absolute Gasteiger partial charge is 0.351 e. The van der Waals surface area contributed by atoms with E-state index < -0.39 is 0 Å². The van der Waals surface area contributed by atoms with Gasteiger partial charge in [0.25, 0.3) is 5.91 Å². The van der Waals surface area contributed by atoms with Crippen molar-refractivity contribution in [2.45, 2.75) is 19.3 Å². The Kier molecular flexibility index (Phi) is 4.81. The van der Waals surface area contributed by atoms with Crippen LogP contribution in [0.4, 0.5) is 0 Å². The molecule has 0 fully saturated rings. The molecule has 1 aromatic heterocycles. The topological polar surface area (TPSA) is 29.1 Å². The van der Waals surface area contributed by atoms with E-state index in [4.69, 9.17) is 6.42 Å². The molecule has 0 aliphatic heterocycles. The number of hydrogen-bond donors (Lipinski definition) is 1. The molecule has 1 amide bonds. The van der Waals surface area contributed by atoms with Crippen molar-refractivity contribution in [2.24, 2.45) is 0 Å². The predicted octanol–water partition coefficient (Wildman–Crippen LogP) is 2.28. The molecule has 0 aliphatic carbocycles. The number of carbonyl (C=O) groups is 1. The highest BCUT2D eigenvalue weighted by atomic mass is 32.1. The first-order valence-electron chi connectivity index (χ1n) is 4.60. The Morgan fingerprint density at radius 2 is 2.43 bits per heavy atom. The lowest BCUT2D eigenvalue weighted by Crippen LogP contribution is -2.23. The number of rotatable bonds is 5. The lowest BCUT2D eigenvalue weighted by molar-refractivity contribution is 0.0957. The van der Waals surface area contributed by atoms with Crippen LogP contribution in [-0.2, 0) is 0 Å². The van der Waals surface area contributed by atoms with Gasteiger partial charge in [-0.05, 0) is 24.3 Å². The van der Waals surface area contributed by atoms with Gasteiger partial charge in [-0.1, -0.05) is 6.07 Å². The van der Waals surface area contributed by atoms with Crippen molar-refractivity contribution in [3.05, 3.63) is 22.4 Å². The number of carbonyl (C=O) groups excluding carboxylic acids is 1. The quantitative estimate of drug-likeness (QED) is 0.582. The number of thiophene rings is 1. The summed E-state index contributed by atoms with van der Waals surface area (Å²) >= 11 is 1.45. The minimum absolute atomic E-state index is 0.0145. The average molecular weight is 207 g/mol. The minimum Gasteiger partial charge on any atom is -0.351 e. The van der Waals surface area contributed by atoms with Gasteiger partial charge in [-0.3, -0.25) is 4.79 Å². The third-order valence-electron chi connectivity index (χ3n) is 1.78. The van der Waals surface area contributed by atoms with Crippen molar-refractivity contribution < 1.29 is 4.79 Å². The monoisotopic (exact) mass is 207 g/mol. The Labute approximate surface area is 88.3 Å². The van der Waals surface area contributed by atoms with Crippen LogP contribution in [0.3, 0.4) is 0 Å². The van der Waals surface area contributed by atoms with Gasteiger partial charge in [0.15, 0.2) is 0 Å². The van der Waals surface area contributed by atoms with Gasteiger partial charge in [0.05, 0.1) is 4.88 Å². The first kappa shape index (κ1) is 10.8. The summed E-state index contributed by atoms with van der Waals surface area (Å²) in [5.74, 6) is 2.59. The van der Waals surface area contributed by atoms with E-state index in [0.29, 0.717) is 6.54 Å². The van der Waals surface area contributed by atoms with E-state index in [2.05, 4.69) is 11.2 Å². The van der Waals surface area contributed by atoms with Crippen LogP contribution in [0, 0.1) is 12.3 Å². The average Bonchev–Trinajstić information content (AvgIpc) is 2.70. The van der Waals surface area contributed by atoms with Crippen LogP contribution in [0.25, 0.3) is 0 Å². The molecule has 3 heteroatoms. The lowest BCUT2D eigenvalue weighted by atomic mass is 10.2. The summed E-state index contributed by atoms with van der Waals surface area (Å²) in [5.41, 5.74) is 0. The SMILES string of the molecule is C#CCCCCNC(=O)c1cccs1. The van der Waals surface area contributed by atoms with Crippen LogP contribution in [0.5, 0.6) is 0 Å². The number of nitrogens with one attached hydrogen (secondary N) is 1. The van der Waals surface area contributed by atoms with E-state index in [-0.39, 0.29) is 5.91 Å². The van der Waals surface area contributed by atoms with Gasteiger partial charge in [0.2, 0.25) is 0 Å². The molecule has 0 spiro atoms. The second kappa shape index (κ2) is 6.22. The summed E-state index contributed by atoms with van der Waals surface area (Å²) in [6, 6.07) is 3.69. The van der Waals surface area contributed by atoms with Gasteiger partial charge >= 0.3 is 0 Å². The van der Waals surface area contributed by atoms with Gasteiger partial charge in [0, 0.05) is 13.0 Å². The molecule has 1 rings (SSSR count). The molecular formula is C11H13NOS. The Morgan fingerprint density at radius 3 is 3.07 bits per heavy atom. The Bertz CT molecular complexity index is 311. The zero-order valence-corrected chi connectivity index (χ0v) is 8.77. The highest BCUT2D eigenvalue weighted by Gasteiger charge is 2.03. The number of terminal acetylenes is 1. The van der Waals surface area contributed by atoms with Gasteiger partial charge in [0.1, 0.15) is 0 Å². The maximum absolute atomic E-state index is 11.4. The number of amides is 1. The van der Waals surface area contributed by atoms with Crippen LogP contribution >= 0.6 is 11.3 Å². The molecule has 0 aliphatic rings. The molecule has 0 bridgehead atoms. The zero-order valence-electron chi connectivity index (χ0n) is 7.95. The molecule has 0 saturated heterocycles. The molecular weight excluding hydrogens is 194 g/mol. The lowest BCUT2D eigenvalue weighted by Gasteiger charge is -2.01. The highest BCUT2D eigenvalue weighted by molar-refractivity contribution is 7.12. The van der Waals surface area contributed by atoms with Crippen molar-refractivity contribution in [1.29, 1.82) is 0 Å². The summed E-state index contributed by atoms with van der Waals surface area (Å²) in [7, 11) is 0. The van der Waals surface area contributed by atoms with E-state index in [9.17, 15) is 4.79 Å². The maximum Gasteiger partial charge on any atom is 0.261 e. The fraction of sp³-hybridized carbons (Fsp3) is 0.364. The van der Waals surface area contributed by atoms with Gasteiger partial charge < -0.3 is 5.32 Å². The van der Waals surface area contributed by atoms with E-state index in [1.165, 1.54) is 11.3 Å². The van der Waals surface area contributed by atoms with E-state index in [1.54, 1.807) is 0 Å². The van der Waals surface area contributed by atoms with Crippen LogP contribution < -0.4 is 5.32 Å². The van der Waals surface area contributed by atoms with Crippen LogP contribution in [-0.4, -0.2) is 12.5 Å². The van der Waals surface area contributed by atoms with Crippen molar-refractivity contribution in [1.82, 2.24) is 5.32 Å². The van der Waals surface area contributed by atoms with Crippen molar-refractivity contribution in [3.8, 4) is 12.3 Å². The molecule has 0 saturated carbocycles. The van der Waals surface area contributed by atoms with E-state index in [0.717, 1.165) is 24.1 Å². The summed E-state index contributed by atoms with van der Waals surface area (Å²) in [6.45, 7) is 0.707. The second-order valence-corrected chi connectivity index (χ2v) is 3.84. The highest BCUT2D eigenvalue weighted by Crippen LogP contribution is 2.07. The summed E-state index contributed by atoms with van der Waals surface area (Å²) < 4.78 is 0. The van der Waals surface area contributed by atoms with Gasteiger partial charge in [-0.15, -0.1) is 23.7 Å². The fourth-order valence-electron chi connectivity index (χ4n) is 1.05. The van der Waals surface area contributed by atoms with Gasteiger partial charge in [-0.25, -0.2) is 0 Å². The smallest absolute Gasteiger partial charge is 0.261 e.